The molecule has 4 aromatic carbocycles. The summed E-state index contributed by atoms with van der Waals surface area (Å²) in [6, 6.07) is 33.4. The van der Waals surface area contributed by atoms with Gasteiger partial charge in [-0.1, -0.05) is 119 Å². The van der Waals surface area contributed by atoms with Crippen LogP contribution in [0.3, 0.4) is 0 Å². The molecule has 244 valence electrons. The Hall–Kier alpha value is -3.36. The van der Waals surface area contributed by atoms with Crippen molar-refractivity contribution in [2.24, 2.45) is 0 Å². The predicted molar refractivity (Wildman–Crippen MR) is 180 cm³/mol. The minimum absolute atomic E-state index is 0.310. The zero-order chi connectivity index (χ0) is 32.3. The third-order valence-corrected chi connectivity index (χ3v) is 8.13. The van der Waals surface area contributed by atoms with E-state index in [4.69, 9.17) is 28.4 Å². The van der Waals surface area contributed by atoms with Gasteiger partial charge < -0.3 is 28.4 Å². The molecule has 0 aromatic heterocycles. The van der Waals surface area contributed by atoms with Crippen molar-refractivity contribution < 1.29 is 28.4 Å². The van der Waals surface area contributed by atoms with E-state index in [0.29, 0.717) is 39.6 Å². The number of hydrogen-bond donors (Lipinski definition) is 0. The smallest absolute Gasteiger partial charge is 0.186 e. The Morgan fingerprint density at radius 2 is 0.913 bits per heavy atom. The molecular formula is C40H48O6. The molecule has 0 N–H and O–H groups in total. The van der Waals surface area contributed by atoms with Crippen molar-refractivity contribution in [1.82, 2.24) is 0 Å². The van der Waals surface area contributed by atoms with Crippen LogP contribution in [0.5, 0.6) is 0 Å². The van der Waals surface area contributed by atoms with Crippen LogP contribution in [0.4, 0.5) is 0 Å². The molecule has 0 spiro atoms. The zero-order valence-electron chi connectivity index (χ0n) is 27.8. The average molecular weight is 625 g/mol. The maximum Gasteiger partial charge on any atom is 0.186 e. The molecule has 0 bridgehead atoms. The lowest BCUT2D eigenvalue weighted by molar-refractivity contribution is -0.327. The quantitative estimate of drug-likeness (QED) is 0.134. The summed E-state index contributed by atoms with van der Waals surface area (Å²) in [5, 5.41) is 0. The summed E-state index contributed by atoms with van der Waals surface area (Å²) in [6.07, 6.45) is -2.63. The second kappa shape index (κ2) is 17.0. The van der Waals surface area contributed by atoms with E-state index in [1.54, 1.807) is 0 Å². The van der Waals surface area contributed by atoms with Crippen LogP contribution in [0.1, 0.15) is 51.4 Å². The first kappa shape index (κ1) is 34.0. The molecule has 5 rings (SSSR count). The molecule has 1 aliphatic rings. The highest BCUT2D eigenvalue weighted by molar-refractivity contribution is 5.24. The predicted octanol–water partition coefficient (Wildman–Crippen LogP) is 7.95. The molecule has 1 saturated heterocycles. The standard InChI is InChI=1S/C40H48O6/c1-6-42-40-39(45-26-35-18-10-14-31(5)22-35)38(44-25-34-17-9-13-30(4)21-34)37(43-24-33-16-8-12-29(3)20-33)36(46-40)27-41-23-32-15-7-11-28(2)19-32/h7-22,36-40H,6,23-27H2,1-5H3/t36-,37-,38+,39-,40-/m1/s1. The summed E-state index contributed by atoms with van der Waals surface area (Å²) >= 11 is 0. The fourth-order valence-corrected chi connectivity index (χ4v) is 5.96. The number of hydrogen-bond acceptors (Lipinski definition) is 6. The van der Waals surface area contributed by atoms with Crippen molar-refractivity contribution in [1.29, 1.82) is 0 Å². The van der Waals surface area contributed by atoms with Gasteiger partial charge in [-0.15, -0.1) is 0 Å². The number of rotatable bonds is 15. The maximum absolute atomic E-state index is 6.80. The van der Waals surface area contributed by atoms with Crippen molar-refractivity contribution in [3.63, 3.8) is 0 Å². The van der Waals surface area contributed by atoms with Crippen molar-refractivity contribution in [3.05, 3.63) is 142 Å². The molecule has 5 atom stereocenters. The first-order chi connectivity index (χ1) is 22.4. The average Bonchev–Trinajstić information content (AvgIpc) is 3.03. The Balaban J connectivity index is 1.43. The monoisotopic (exact) mass is 624 g/mol. The van der Waals surface area contributed by atoms with Crippen LogP contribution in [0, 0.1) is 27.7 Å². The van der Waals surface area contributed by atoms with E-state index in [0.717, 1.165) is 22.3 Å². The number of ether oxygens (including phenoxy) is 6. The van der Waals surface area contributed by atoms with Crippen LogP contribution >= 0.6 is 0 Å². The SMILES string of the molecule is CCO[C@@H]1O[C@H](COCc2cccc(C)c2)[C@@H](OCc2cccc(C)c2)[C@H](OCc2cccc(C)c2)[C@H]1OCc1cccc(C)c1. The summed E-state index contributed by atoms with van der Waals surface area (Å²) in [7, 11) is 0. The first-order valence-corrected chi connectivity index (χ1v) is 16.3. The first-order valence-electron chi connectivity index (χ1n) is 16.3. The largest absolute Gasteiger partial charge is 0.374 e. The molecule has 0 amide bonds. The summed E-state index contributed by atoms with van der Waals surface area (Å²) in [5.74, 6) is 0. The second-order valence-corrected chi connectivity index (χ2v) is 12.3. The Bertz CT molecular complexity index is 1520. The molecule has 0 aliphatic carbocycles. The number of benzene rings is 4. The van der Waals surface area contributed by atoms with Crippen LogP contribution in [0.2, 0.25) is 0 Å². The van der Waals surface area contributed by atoms with Crippen molar-refractivity contribution in [2.75, 3.05) is 13.2 Å². The van der Waals surface area contributed by atoms with Crippen LogP contribution in [0.15, 0.2) is 97.1 Å². The number of aryl methyl sites for hydroxylation is 4. The normalized spacial score (nSPS) is 21.4. The highest BCUT2D eigenvalue weighted by atomic mass is 16.7. The van der Waals surface area contributed by atoms with E-state index in [-0.39, 0.29) is 0 Å². The molecule has 0 saturated carbocycles. The Labute approximate surface area is 274 Å². The Kier molecular flexibility index (Phi) is 12.5. The van der Waals surface area contributed by atoms with E-state index >= 15 is 0 Å². The lowest BCUT2D eigenvalue weighted by atomic mass is 9.97. The third kappa shape index (κ3) is 9.82. The van der Waals surface area contributed by atoms with Crippen LogP contribution in [-0.4, -0.2) is 43.9 Å². The molecule has 6 nitrogen and oxygen atoms in total. The van der Waals surface area contributed by atoms with Gasteiger partial charge in [0.2, 0.25) is 0 Å². The van der Waals surface area contributed by atoms with E-state index in [1.807, 2.05) is 13.0 Å². The van der Waals surface area contributed by atoms with Gasteiger partial charge in [-0.2, -0.15) is 0 Å². The molecule has 46 heavy (non-hydrogen) atoms. The fraction of sp³-hybridized carbons (Fsp3) is 0.400. The molecule has 4 aromatic rings. The van der Waals surface area contributed by atoms with Gasteiger partial charge in [0.1, 0.15) is 24.4 Å². The third-order valence-electron chi connectivity index (χ3n) is 8.13. The lowest BCUT2D eigenvalue weighted by Gasteiger charge is -2.45. The highest BCUT2D eigenvalue weighted by Gasteiger charge is 2.49. The fourth-order valence-electron chi connectivity index (χ4n) is 5.96. The van der Waals surface area contributed by atoms with Gasteiger partial charge >= 0.3 is 0 Å². The zero-order valence-corrected chi connectivity index (χ0v) is 27.8. The van der Waals surface area contributed by atoms with E-state index < -0.39 is 30.7 Å². The summed E-state index contributed by atoms with van der Waals surface area (Å²) in [6.45, 7) is 12.7. The molecule has 1 aliphatic heterocycles. The van der Waals surface area contributed by atoms with Gasteiger partial charge in [-0.25, -0.2) is 0 Å². The van der Waals surface area contributed by atoms with Gasteiger partial charge in [0.15, 0.2) is 6.29 Å². The topological polar surface area (TPSA) is 55.4 Å². The molecule has 1 fully saturated rings. The van der Waals surface area contributed by atoms with Crippen molar-refractivity contribution in [3.8, 4) is 0 Å². The molecule has 6 heteroatoms. The summed E-state index contributed by atoms with van der Waals surface area (Å²) in [5.41, 5.74) is 9.10. The van der Waals surface area contributed by atoms with E-state index in [2.05, 4.69) is 119 Å². The maximum atomic E-state index is 6.80. The van der Waals surface area contributed by atoms with Gasteiger partial charge in [0.05, 0.1) is 33.0 Å². The van der Waals surface area contributed by atoms with Gasteiger partial charge in [0, 0.05) is 6.61 Å². The minimum Gasteiger partial charge on any atom is -0.374 e. The van der Waals surface area contributed by atoms with Crippen molar-refractivity contribution in [2.45, 2.75) is 91.8 Å². The van der Waals surface area contributed by atoms with Crippen LogP contribution in [0.25, 0.3) is 0 Å². The van der Waals surface area contributed by atoms with Gasteiger partial charge in [-0.3, -0.25) is 0 Å². The van der Waals surface area contributed by atoms with E-state index in [1.165, 1.54) is 22.3 Å². The van der Waals surface area contributed by atoms with Crippen LogP contribution in [-0.2, 0) is 54.8 Å². The Morgan fingerprint density at radius 3 is 1.35 bits per heavy atom. The van der Waals surface area contributed by atoms with Crippen molar-refractivity contribution >= 4 is 0 Å². The molecular weight excluding hydrogens is 576 g/mol. The second-order valence-electron chi connectivity index (χ2n) is 12.3. The molecule has 1 heterocycles. The summed E-state index contributed by atoms with van der Waals surface area (Å²) in [4.78, 5) is 0. The van der Waals surface area contributed by atoms with Gasteiger partial charge in [-0.05, 0) is 56.9 Å². The lowest BCUT2D eigenvalue weighted by Crippen LogP contribution is -2.61. The van der Waals surface area contributed by atoms with Crippen LogP contribution < -0.4 is 0 Å². The Morgan fingerprint density at radius 1 is 0.500 bits per heavy atom. The van der Waals surface area contributed by atoms with E-state index in [9.17, 15) is 0 Å². The van der Waals surface area contributed by atoms with Gasteiger partial charge in [0.25, 0.3) is 0 Å². The highest BCUT2D eigenvalue weighted by Crippen LogP contribution is 2.32. The molecule has 0 unspecified atom stereocenters. The minimum atomic E-state index is -0.663. The summed E-state index contributed by atoms with van der Waals surface area (Å²) < 4.78 is 39.4. The molecule has 0 radical (unpaired) electrons.